The molecule has 0 aliphatic rings. The van der Waals surface area contributed by atoms with Crippen molar-refractivity contribution in [1.29, 1.82) is 0 Å². The number of carbonyl (C=O) groups is 6. The van der Waals surface area contributed by atoms with Gasteiger partial charge < -0.3 is 42.2 Å². The van der Waals surface area contributed by atoms with E-state index >= 15 is 0 Å². The smallest absolute Gasteiger partial charge is 0.408 e. The van der Waals surface area contributed by atoms with Gasteiger partial charge in [-0.15, -0.1) is 0 Å². The van der Waals surface area contributed by atoms with E-state index in [4.69, 9.17) is 10.5 Å². The highest BCUT2D eigenvalue weighted by molar-refractivity contribution is 5.92. The minimum atomic E-state index is -1.18. The molecule has 2 rings (SSSR count). The Morgan fingerprint density at radius 3 is 1.64 bits per heavy atom. The van der Waals surface area contributed by atoms with E-state index in [2.05, 4.69) is 26.6 Å². The molecule has 5 amide bonds. The first-order valence-corrected chi connectivity index (χ1v) is 19.0. The maximum Gasteiger partial charge on any atom is 0.408 e. The molecule has 0 aromatic heterocycles. The van der Waals surface area contributed by atoms with Crippen LogP contribution in [0.5, 0.6) is 0 Å². The first kappa shape index (κ1) is 46.2. The Morgan fingerprint density at radius 1 is 0.673 bits per heavy atom. The van der Waals surface area contributed by atoms with Gasteiger partial charge in [0.05, 0.1) is 0 Å². The molecule has 0 heterocycles. The summed E-state index contributed by atoms with van der Waals surface area (Å²) in [6, 6.07) is 12.4. The predicted molar refractivity (Wildman–Crippen MR) is 211 cm³/mol. The maximum atomic E-state index is 14.0. The average molecular weight is 767 g/mol. The number of hydrogen-bond donors (Lipinski definition) is 7. The van der Waals surface area contributed by atoms with Gasteiger partial charge in [-0.05, 0) is 56.1 Å². The van der Waals surface area contributed by atoms with E-state index in [0.717, 1.165) is 11.1 Å². The molecule has 0 saturated heterocycles. The van der Waals surface area contributed by atoms with Crippen molar-refractivity contribution in [3.05, 3.63) is 71.8 Å². The zero-order valence-electron chi connectivity index (χ0n) is 33.7. The number of alkyl carbamates (subject to hydrolysis) is 1. The summed E-state index contributed by atoms with van der Waals surface area (Å²) >= 11 is 0. The van der Waals surface area contributed by atoms with E-state index in [1.165, 1.54) is 0 Å². The molecule has 0 bridgehead atoms. The SMILES string of the molecule is CC[C@H](C)[C@H](NC(=O)C[C@H](N)[C@H](Cc1ccccc1)NC(=O)C(NC(=O)C(Cc1ccccc1)NC(=O)OC(C)(C)C)C(C)C)C(=O)NC(C(=O)O)C(C)C. The third kappa shape index (κ3) is 16.1. The monoisotopic (exact) mass is 766 g/mol. The van der Waals surface area contributed by atoms with Crippen molar-refractivity contribution >= 4 is 35.7 Å². The fraction of sp³-hybridized carbons (Fsp3) is 0.561. The number of nitrogens with one attached hydrogen (secondary N) is 5. The molecular weight excluding hydrogens is 704 g/mol. The minimum absolute atomic E-state index is 0.138. The molecule has 55 heavy (non-hydrogen) atoms. The van der Waals surface area contributed by atoms with Crippen molar-refractivity contribution in [1.82, 2.24) is 26.6 Å². The fourth-order valence-corrected chi connectivity index (χ4v) is 5.79. The average Bonchev–Trinajstić information content (AvgIpc) is 3.10. The lowest BCUT2D eigenvalue weighted by molar-refractivity contribution is -0.143. The molecular formula is C41H62N6O8. The molecule has 7 atom stereocenters. The Labute approximate surface area is 325 Å². The number of aliphatic carboxylic acids is 1. The van der Waals surface area contributed by atoms with Gasteiger partial charge in [0.2, 0.25) is 23.6 Å². The molecule has 0 saturated carbocycles. The second-order valence-electron chi connectivity index (χ2n) is 15.8. The second kappa shape index (κ2) is 21.8. The molecule has 0 radical (unpaired) electrons. The summed E-state index contributed by atoms with van der Waals surface area (Å²) in [6.07, 6.45) is -0.142. The summed E-state index contributed by atoms with van der Waals surface area (Å²) < 4.78 is 5.41. The second-order valence-corrected chi connectivity index (χ2v) is 15.8. The van der Waals surface area contributed by atoms with Gasteiger partial charge >= 0.3 is 12.1 Å². The quantitative estimate of drug-likeness (QED) is 0.105. The number of rotatable bonds is 20. The lowest BCUT2D eigenvalue weighted by Gasteiger charge is -2.31. The first-order chi connectivity index (χ1) is 25.7. The summed E-state index contributed by atoms with van der Waals surface area (Å²) in [4.78, 5) is 79.1. The Balaban J connectivity index is 2.31. The fourth-order valence-electron chi connectivity index (χ4n) is 5.79. The predicted octanol–water partition coefficient (Wildman–Crippen LogP) is 3.46. The largest absolute Gasteiger partial charge is 0.480 e. The lowest BCUT2D eigenvalue weighted by Crippen LogP contribution is -2.60. The van der Waals surface area contributed by atoms with Crippen LogP contribution in [-0.2, 0) is 41.6 Å². The Hall–Kier alpha value is -4.98. The van der Waals surface area contributed by atoms with Crippen molar-refractivity contribution < 1.29 is 38.6 Å². The van der Waals surface area contributed by atoms with Gasteiger partial charge in [-0.2, -0.15) is 0 Å². The normalized spacial score (nSPS) is 15.3. The van der Waals surface area contributed by atoms with Gasteiger partial charge in [0, 0.05) is 24.9 Å². The van der Waals surface area contributed by atoms with Gasteiger partial charge in [0.25, 0.3) is 0 Å². The number of ether oxygens (including phenoxy) is 1. The highest BCUT2D eigenvalue weighted by Gasteiger charge is 2.35. The Kier molecular flexibility index (Phi) is 18.3. The van der Waals surface area contributed by atoms with Gasteiger partial charge in [0.15, 0.2) is 0 Å². The molecule has 0 spiro atoms. The van der Waals surface area contributed by atoms with Crippen molar-refractivity contribution in [2.75, 3.05) is 0 Å². The van der Waals surface area contributed by atoms with Crippen LogP contribution in [-0.4, -0.2) is 82.6 Å². The molecule has 3 unspecified atom stereocenters. The van der Waals surface area contributed by atoms with Gasteiger partial charge in [-0.3, -0.25) is 19.2 Å². The van der Waals surface area contributed by atoms with Crippen LogP contribution < -0.4 is 32.3 Å². The van der Waals surface area contributed by atoms with Crippen LogP contribution >= 0.6 is 0 Å². The molecule has 0 aliphatic heterocycles. The highest BCUT2D eigenvalue weighted by atomic mass is 16.6. The highest BCUT2D eigenvalue weighted by Crippen LogP contribution is 2.14. The third-order valence-electron chi connectivity index (χ3n) is 9.14. The van der Waals surface area contributed by atoms with Crippen LogP contribution in [0.25, 0.3) is 0 Å². The maximum absolute atomic E-state index is 14.0. The van der Waals surface area contributed by atoms with Gasteiger partial charge in [-0.25, -0.2) is 9.59 Å². The lowest BCUT2D eigenvalue weighted by atomic mass is 9.94. The van der Waals surface area contributed by atoms with Gasteiger partial charge in [-0.1, -0.05) is 109 Å². The van der Waals surface area contributed by atoms with E-state index in [0.29, 0.717) is 6.42 Å². The molecule has 0 fully saturated rings. The van der Waals surface area contributed by atoms with Crippen LogP contribution in [0.3, 0.4) is 0 Å². The molecule has 14 nitrogen and oxygen atoms in total. The van der Waals surface area contributed by atoms with Crippen LogP contribution in [0.2, 0.25) is 0 Å². The number of carboxylic acid groups (broad SMARTS) is 1. The molecule has 2 aromatic rings. The minimum Gasteiger partial charge on any atom is -0.480 e. The zero-order valence-corrected chi connectivity index (χ0v) is 33.7. The first-order valence-electron chi connectivity index (χ1n) is 19.0. The Morgan fingerprint density at radius 2 is 1.16 bits per heavy atom. The molecule has 0 aliphatic carbocycles. The van der Waals surface area contributed by atoms with Crippen LogP contribution in [0.15, 0.2) is 60.7 Å². The van der Waals surface area contributed by atoms with Crippen LogP contribution in [0.1, 0.15) is 86.3 Å². The summed E-state index contributed by atoms with van der Waals surface area (Å²) in [5, 5.41) is 23.3. The van der Waals surface area contributed by atoms with E-state index in [1.54, 1.807) is 55.4 Å². The number of benzene rings is 2. The molecule has 14 heteroatoms. The van der Waals surface area contributed by atoms with E-state index in [-0.39, 0.29) is 31.1 Å². The van der Waals surface area contributed by atoms with Crippen molar-refractivity contribution in [3.63, 3.8) is 0 Å². The summed E-state index contributed by atoms with van der Waals surface area (Å²) in [6.45, 7) is 15.7. The Bertz CT molecular complexity index is 1560. The molecule has 304 valence electrons. The molecule has 8 N–H and O–H groups in total. The number of nitrogens with two attached hydrogens (primary N) is 1. The van der Waals surface area contributed by atoms with Crippen LogP contribution in [0.4, 0.5) is 4.79 Å². The number of carboxylic acids is 1. The topological polar surface area (TPSA) is 218 Å². The van der Waals surface area contributed by atoms with E-state index in [1.807, 2.05) is 67.6 Å². The number of carbonyl (C=O) groups excluding carboxylic acids is 5. The summed E-state index contributed by atoms with van der Waals surface area (Å²) in [7, 11) is 0. The van der Waals surface area contributed by atoms with E-state index < -0.39 is 83.5 Å². The summed E-state index contributed by atoms with van der Waals surface area (Å²) in [5.41, 5.74) is 7.46. The van der Waals surface area contributed by atoms with Crippen LogP contribution in [0, 0.1) is 17.8 Å². The molecule has 2 aromatic carbocycles. The van der Waals surface area contributed by atoms with Crippen molar-refractivity contribution in [2.45, 2.75) is 130 Å². The van der Waals surface area contributed by atoms with Crippen molar-refractivity contribution in [2.24, 2.45) is 23.5 Å². The number of hydrogen-bond acceptors (Lipinski definition) is 8. The standard InChI is InChI=1S/C41H62N6O8/c1-10-26(6)35(38(51)47-34(25(4)5)39(52)53)45-32(48)23-29(42)30(21-27-17-13-11-14-18-27)43-37(50)33(24(2)3)46-36(49)31(22-28-19-15-12-16-20-28)44-40(54)55-41(7,8)9/h11-20,24-26,29-31,33-35H,10,21-23,42H2,1-9H3,(H,43,50)(H,44,54)(H,45,48)(H,46,49)(H,47,51)(H,52,53)/t26-,29-,30-,31?,33?,34?,35-/m0/s1. The third-order valence-corrected chi connectivity index (χ3v) is 9.14. The summed E-state index contributed by atoms with van der Waals surface area (Å²) in [5.74, 6) is -4.59. The van der Waals surface area contributed by atoms with Gasteiger partial charge in [0.1, 0.15) is 29.8 Å². The van der Waals surface area contributed by atoms with E-state index in [9.17, 15) is 33.9 Å². The zero-order chi connectivity index (χ0) is 41.5. The number of amides is 5. The van der Waals surface area contributed by atoms with Crippen molar-refractivity contribution in [3.8, 4) is 0 Å².